The highest BCUT2D eigenvalue weighted by Gasteiger charge is 2.04. The SMILES string of the molecule is CN(C)c1ccc(Nc2ccc(N=Cc3cccc([N+](=O)[O-])c3)cc2)cc1. The summed E-state index contributed by atoms with van der Waals surface area (Å²) in [5, 5.41) is 14.2. The van der Waals surface area contributed by atoms with Crippen LogP contribution in [-0.2, 0) is 0 Å². The average Bonchev–Trinajstić information content (AvgIpc) is 2.68. The van der Waals surface area contributed by atoms with Gasteiger partial charge in [0, 0.05) is 49.5 Å². The zero-order valence-corrected chi connectivity index (χ0v) is 15.2. The molecule has 0 atom stereocenters. The van der Waals surface area contributed by atoms with Crippen molar-refractivity contribution in [3.63, 3.8) is 0 Å². The number of rotatable bonds is 6. The van der Waals surface area contributed by atoms with E-state index < -0.39 is 4.92 Å². The van der Waals surface area contributed by atoms with Crippen molar-refractivity contribution in [2.45, 2.75) is 0 Å². The van der Waals surface area contributed by atoms with Crippen LogP contribution in [0.5, 0.6) is 0 Å². The van der Waals surface area contributed by atoms with Crippen LogP contribution in [-0.4, -0.2) is 25.2 Å². The average molecular weight is 360 g/mol. The van der Waals surface area contributed by atoms with E-state index in [1.54, 1.807) is 18.3 Å². The summed E-state index contributed by atoms with van der Waals surface area (Å²) in [6, 6.07) is 22.2. The van der Waals surface area contributed by atoms with Gasteiger partial charge in [0.1, 0.15) is 0 Å². The van der Waals surface area contributed by atoms with Crippen LogP contribution in [0.25, 0.3) is 0 Å². The molecule has 0 saturated carbocycles. The van der Waals surface area contributed by atoms with Crippen LogP contribution in [0, 0.1) is 10.1 Å². The summed E-state index contributed by atoms with van der Waals surface area (Å²) in [5.74, 6) is 0. The van der Waals surface area contributed by atoms with Crippen LogP contribution in [0.2, 0.25) is 0 Å². The van der Waals surface area contributed by atoms with Gasteiger partial charge in [0.15, 0.2) is 0 Å². The van der Waals surface area contributed by atoms with Crippen molar-refractivity contribution < 1.29 is 4.92 Å². The van der Waals surface area contributed by atoms with Crippen molar-refractivity contribution in [3.05, 3.63) is 88.5 Å². The first kappa shape index (κ1) is 18.1. The minimum atomic E-state index is -0.414. The molecule has 6 heteroatoms. The number of nitrogens with zero attached hydrogens (tertiary/aromatic N) is 3. The second kappa shape index (κ2) is 8.14. The first-order valence-corrected chi connectivity index (χ1v) is 8.44. The van der Waals surface area contributed by atoms with Gasteiger partial charge >= 0.3 is 0 Å². The summed E-state index contributed by atoms with van der Waals surface area (Å²) >= 11 is 0. The predicted octanol–water partition coefficient (Wildman–Crippen LogP) is 5.16. The second-order valence-corrected chi connectivity index (χ2v) is 6.22. The van der Waals surface area contributed by atoms with E-state index in [0.717, 1.165) is 22.7 Å². The quantitative estimate of drug-likeness (QED) is 0.375. The molecule has 0 spiro atoms. The van der Waals surface area contributed by atoms with Crippen LogP contribution in [0.15, 0.2) is 77.8 Å². The first-order chi connectivity index (χ1) is 13.0. The van der Waals surface area contributed by atoms with E-state index in [1.807, 2.05) is 50.5 Å². The third-order valence-electron chi connectivity index (χ3n) is 3.98. The van der Waals surface area contributed by atoms with Gasteiger partial charge in [-0.05, 0) is 54.1 Å². The molecule has 27 heavy (non-hydrogen) atoms. The van der Waals surface area contributed by atoms with Crippen LogP contribution in [0.4, 0.5) is 28.4 Å². The molecule has 0 radical (unpaired) electrons. The molecule has 0 aliphatic rings. The molecule has 136 valence electrons. The molecule has 0 unspecified atom stereocenters. The van der Waals surface area contributed by atoms with E-state index in [4.69, 9.17) is 0 Å². The van der Waals surface area contributed by atoms with Crippen molar-refractivity contribution in [2.24, 2.45) is 4.99 Å². The molecule has 0 aliphatic heterocycles. The second-order valence-electron chi connectivity index (χ2n) is 6.22. The normalized spacial score (nSPS) is 10.7. The number of aliphatic imine (C=N–C) groups is 1. The molecular weight excluding hydrogens is 340 g/mol. The van der Waals surface area contributed by atoms with Crippen molar-refractivity contribution in [1.82, 2.24) is 0 Å². The Kier molecular flexibility index (Phi) is 5.47. The minimum Gasteiger partial charge on any atom is -0.378 e. The van der Waals surface area contributed by atoms with E-state index in [-0.39, 0.29) is 5.69 Å². The summed E-state index contributed by atoms with van der Waals surface area (Å²) in [5.41, 5.74) is 4.63. The highest BCUT2D eigenvalue weighted by Crippen LogP contribution is 2.22. The number of non-ortho nitro benzene ring substituents is 1. The van der Waals surface area contributed by atoms with E-state index in [1.165, 1.54) is 12.1 Å². The zero-order valence-electron chi connectivity index (χ0n) is 15.2. The number of benzene rings is 3. The summed E-state index contributed by atoms with van der Waals surface area (Å²) in [7, 11) is 4.02. The predicted molar refractivity (Wildman–Crippen MR) is 111 cm³/mol. The third kappa shape index (κ3) is 4.92. The number of hydrogen-bond donors (Lipinski definition) is 1. The lowest BCUT2D eigenvalue weighted by molar-refractivity contribution is -0.384. The Bertz CT molecular complexity index is 949. The third-order valence-corrected chi connectivity index (χ3v) is 3.98. The summed E-state index contributed by atoms with van der Waals surface area (Å²) < 4.78 is 0. The molecule has 0 saturated heterocycles. The number of nitrogens with one attached hydrogen (secondary N) is 1. The van der Waals surface area contributed by atoms with Crippen molar-refractivity contribution in [1.29, 1.82) is 0 Å². The number of nitro groups is 1. The van der Waals surface area contributed by atoms with Gasteiger partial charge in [0.2, 0.25) is 0 Å². The minimum absolute atomic E-state index is 0.0544. The fourth-order valence-electron chi connectivity index (χ4n) is 2.51. The molecule has 0 amide bonds. The molecule has 3 aromatic rings. The van der Waals surface area contributed by atoms with E-state index in [9.17, 15) is 10.1 Å². The van der Waals surface area contributed by atoms with Gasteiger partial charge < -0.3 is 10.2 Å². The highest BCUT2D eigenvalue weighted by molar-refractivity contribution is 5.83. The Labute approximate surface area is 157 Å². The molecule has 0 aliphatic carbocycles. The van der Waals surface area contributed by atoms with Crippen LogP contribution in [0.1, 0.15) is 5.56 Å². The first-order valence-electron chi connectivity index (χ1n) is 8.44. The Balaban J connectivity index is 1.66. The van der Waals surface area contributed by atoms with Crippen LogP contribution >= 0.6 is 0 Å². The van der Waals surface area contributed by atoms with Crippen molar-refractivity contribution >= 4 is 34.7 Å². The van der Waals surface area contributed by atoms with Gasteiger partial charge in [-0.1, -0.05) is 12.1 Å². The lowest BCUT2D eigenvalue weighted by Crippen LogP contribution is -2.08. The lowest BCUT2D eigenvalue weighted by atomic mass is 10.2. The molecule has 3 aromatic carbocycles. The topological polar surface area (TPSA) is 70.8 Å². The maximum atomic E-state index is 10.8. The largest absolute Gasteiger partial charge is 0.378 e. The smallest absolute Gasteiger partial charge is 0.270 e. The monoisotopic (exact) mass is 360 g/mol. The zero-order chi connectivity index (χ0) is 19.2. The highest BCUT2D eigenvalue weighted by atomic mass is 16.6. The molecular formula is C21H20N4O2. The molecule has 0 heterocycles. The van der Waals surface area contributed by atoms with Gasteiger partial charge in [0.05, 0.1) is 10.6 Å². The van der Waals surface area contributed by atoms with Crippen LogP contribution < -0.4 is 10.2 Å². The fraction of sp³-hybridized carbons (Fsp3) is 0.0952. The summed E-state index contributed by atoms with van der Waals surface area (Å²) in [4.78, 5) is 16.8. The number of nitro benzene ring substituents is 1. The van der Waals surface area contributed by atoms with Gasteiger partial charge in [-0.25, -0.2) is 0 Å². The Morgan fingerprint density at radius 3 is 2.19 bits per heavy atom. The molecule has 0 bridgehead atoms. The van der Waals surface area contributed by atoms with Crippen molar-refractivity contribution in [3.8, 4) is 0 Å². The van der Waals surface area contributed by atoms with Gasteiger partial charge in [-0.2, -0.15) is 0 Å². The van der Waals surface area contributed by atoms with E-state index >= 15 is 0 Å². The van der Waals surface area contributed by atoms with E-state index in [2.05, 4.69) is 27.3 Å². The standard InChI is InChI=1S/C21H20N4O2/c1-24(2)20-12-10-19(11-13-20)23-18-8-6-17(7-9-18)22-15-16-4-3-5-21(14-16)25(26)27/h3-15,23H,1-2H3. The van der Waals surface area contributed by atoms with Gasteiger partial charge in [-0.15, -0.1) is 0 Å². The molecule has 1 N–H and O–H groups in total. The maximum absolute atomic E-state index is 10.8. The molecule has 6 nitrogen and oxygen atoms in total. The number of hydrogen-bond acceptors (Lipinski definition) is 5. The lowest BCUT2D eigenvalue weighted by Gasteiger charge is -2.13. The Morgan fingerprint density at radius 2 is 1.59 bits per heavy atom. The van der Waals surface area contributed by atoms with Crippen LogP contribution in [0.3, 0.4) is 0 Å². The van der Waals surface area contributed by atoms with Gasteiger partial charge in [-0.3, -0.25) is 15.1 Å². The number of anilines is 3. The Morgan fingerprint density at radius 1 is 0.963 bits per heavy atom. The van der Waals surface area contributed by atoms with Gasteiger partial charge in [0.25, 0.3) is 5.69 Å². The summed E-state index contributed by atoms with van der Waals surface area (Å²) in [6.07, 6.45) is 1.62. The Hall–Kier alpha value is -3.67. The molecule has 0 fully saturated rings. The fourth-order valence-corrected chi connectivity index (χ4v) is 2.51. The molecule has 0 aromatic heterocycles. The maximum Gasteiger partial charge on any atom is 0.270 e. The van der Waals surface area contributed by atoms with Crippen molar-refractivity contribution in [2.75, 3.05) is 24.3 Å². The summed E-state index contributed by atoms with van der Waals surface area (Å²) in [6.45, 7) is 0. The molecule has 3 rings (SSSR count). The van der Waals surface area contributed by atoms with E-state index in [0.29, 0.717) is 5.56 Å².